The Kier molecular flexibility index (Phi) is 7.57. The third kappa shape index (κ3) is 5.77. The van der Waals surface area contributed by atoms with E-state index in [9.17, 15) is 14.4 Å². The molecule has 1 aliphatic carbocycles. The normalized spacial score (nSPS) is 24.2. The largest absolute Gasteiger partial charge is 0.459 e. The number of carbonyl (C=O) groups is 3. The number of allylic oxidation sites excluding steroid dienone is 1. The standard InChI is InChI=1S/C24H35N3O4/c1-16(2)21-13-19(14-23(29)27-9-7-26(8-10-27)18(4)28)17(3)12-20(21)15-25-24(30)22-6-5-11-31-22/h5-6,11-12,16,19-21H,7-10,13-15H2,1-4H3,(H,25,30)/t19-,20-,21-/m0/s1. The van der Waals surface area contributed by atoms with Crippen LogP contribution in [0.25, 0.3) is 0 Å². The minimum atomic E-state index is -0.194. The number of furan rings is 1. The first-order valence-corrected chi connectivity index (χ1v) is 11.3. The Balaban J connectivity index is 1.59. The van der Waals surface area contributed by atoms with Gasteiger partial charge in [-0.2, -0.15) is 0 Å². The predicted octanol–water partition coefficient (Wildman–Crippen LogP) is 2.94. The first kappa shape index (κ1) is 23.1. The molecule has 1 N–H and O–H groups in total. The van der Waals surface area contributed by atoms with E-state index in [-0.39, 0.29) is 29.6 Å². The maximum Gasteiger partial charge on any atom is 0.286 e. The van der Waals surface area contributed by atoms with Crippen LogP contribution in [0, 0.1) is 23.7 Å². The average Bonchev–Trinajstić information content (AvgIpc) is 3.28. The minimum Gasteiger partial charge on any atom is -0.459 e. The van der Waals surface area contributed by atoms with E-state index >= 15 is 0 Å². The zero-order valence-corrected chi connectivity index (χ0v) is 19.1. The summed E-state index contributed by atoms with van der Waals surface area (Å²) >= 11 is 0. The fourth-order valence-corrected chi connectivity index (χ4v) is 4.82. The number of piperazine rings is 1. The lowest BCUT2D eigenvalue weighted by Crippen LogP contribution is -2.50. The van der Waals surface area contributed by atoms with Gasteiger partial charge < -0.3 is 19.5 Å². The summed E-state index contributed by atoms with van der Waals surface area (Å²) in [5, 5.41) is 3.00. The molecule has 7 nitrogen and oxygen atoms in total. The second kappa shape index (κ2) is 10.2. The number of hydrogen-bond donors (Lipinski definition) is 1. The van der Waals surface area contributed by atoms with E-state index in [2.05, 4.69) is 32.2 Å². The second-order valence-electron chi connectivity index (χ2n) is 9.19. The van der Waals surface area contributed by atoms with E-state index in [0.717, 1.165) is 6.42 Å². The van der Waals surface area contributed by atoms with Gasteiger partial charge in [-0.15, -0.1) is 0 Å². The molecule has 2 heterocycles. The molecule has 3 rings (SSSR count). The van der Waals surface area contributed by atoms with Crippen LogP contribution in [0.4, 0.5) is 0 Å². The molecule has 3 amide bonds. The smallest absolute Gasteiger partial charge is 0.286 e. The van der Waals surface area contributed by atoms with E-state index in [4.69, 9.17) is 4.42 Å². The number of nitrogens with one attached hydrogen (secondary N) is 1. The fourth-order valence-electron chi connectivity index (χ4n) is 4.82. The first-order valence-electron chi connectivity index (χ1n) is 11.3. The zero-order valence-electron chi connectivity index (χ0n) is 19.1. The van der Waals surface area contributed by atoms with Crippen molar-refractivity contribution in [1.82, 2.24) is 15.1 Å². The van der Waals surface area contributed by atoms with Crippen LogP contribution >= 0.6 is 0 Å². The number of hydrogen-bond acceptors (Lipinski definition) is 4. The molecular weight excluding hydrogens is 394 g/mol. The molecule has 1 aliphatic heterocycles. The van der Waals surface area contributed by atoms with E-state index < -0.39 is 0 Å². The maximum absolute atomic E-state index is 12.9. The molecule has 0 radical (unpaired) electrons. The average molecular weight is 430 g/mol. The predicted molar refractivity (Wildman–Crippen MR) is 118 cm³/mol. The highest BCUT2D eigenvalue weighted by atomic mass is 16.3. The molecule has 1 saturated heterocycles. The topological polar surface area (TPSA) is 82.9 Å². The van der Waals surface area contributed by atoms with Gasteiger partial charge in [-0.1, -0.05) is 25.5 Å². The summed E-state index contributed by atoms with van der Waals surface area (Å²) in [4.78, 5) is 40.4. The van der Waals surface area contributed by atoms with Gasteiger partial charge in [0.05, 0.1) is 6.26 Å². The van der Waals surface area contributed by atoms with Gasteiger partial charge in [-0.3, -0.25) is 14.4 Å². The lowest BCUT2D eigenvalue weighted by Gasteiger charge is -2.39. The SMILES string of the molecule is CC(=O)N1CCN(C(=O)C[C@@H]2C[C@@H](C(C)C)[C@H](CNC(=O)c3ccco3)C=C2C)CC1. The molecule has 0 saturated carbocycles. The molecule has 2 aliphatic rings. The third-order valence-corrected chi connectivity index (χ3v) is 6.83. The Morgan fingerprint density at radius 2 is 1.84 bits per heavy atom. The van der Waals surface area contributed by atoms with Gasteiger partial charge in [0.1, 0.15) is 0 Å². The van der Waals surface area contributed by atoms with Crippen LogP contribution in [0.2, 0.25) is 0 Å². The number of nitrogens with zero attached hydrogens (tertiary/aromatic N) is 2. The molecule has 1 aromatic heterocycles. The van der Waals surface area contributed by atoms with Gasteiger partial charge in [0, 0.05) is 46.1 Å². The molecule has 0 unspecified atom stereocenters. The van der Waals surface area contributed by atoms with Crippen LogP contribution in [0.5, 0.6) is 0 Å². The highest BCUT2D eigenvalue weighted by molar-refractivity contribution is 5.91. The number of rotatable bonds is 6. The van der Waals surface area contributed by atoms with Crippen molar-refractivity contribution in [3.63, 3.8) is 0 Å². The van der Waals surface area contributed by atoms with Crippen LogP contribution in [-0.4, -0.2) is 60.2 Å². The first-order chi connectivity index (χ1) is 14.8. The molecule has 7 heteroatoms. The van der Waals surface area contributed by atoms with Gasteiger partial charge in [-0.05, 0) is 49.1 Å². The molecule has 170 valence electrons. The third-order valence-electron chi connectivity index (χ3n) is 6.83. The van der Waals surface area contributed by atoms with Crippen LogP contribution in [-0.2, 0) is 9.59 Å². The zero-order chi connectivity index (χ0) is 22.5. The highest BCUT2D eigenvalue weighted by Gasteiger charge is 2.34. The van der Waals surface area contributed by atoms with Gasteiger partial charge in [0.15, 0.2) is 5.76 Å². The lowest BCUT2D eigenvalue weighted by atomic mass is 9.69. The van der Waals surface area contributed by atoms with Gasteiger partial charge >= 0.3 is 0 Å². The Bertz CT molecular complexity index is 807. The molecule has 0 bridgehead atoms. The van der Waals surface area contributed by atoms with Crippen LogP contribution in [0.1, 0.15) is 51.1 Å². The van der Waals surface area contributed by atoms with Gasteiger partial charge in [-0.25, -0.2) is 0 Å². The van der Waals surface area contributed by atoms with Crippen molar-refractivity contribution in [2.45, 2.75) is 40.5 Å². The summed E-state index contributed by atoms with van der Waals surface area (Å²) in [6, 6.07) is 3.37. The van der Waals surface area contributed by atoms with Crippen LogP contribution < -0.4 is 5.32 Å². The molecule has 0 spiro atoms. The van der Waals surface area contributed by atoms with Crippen molar-refractivity contribution in [2.75, 3.05) is 32.7 Å². The summed E-state index contributed by atoms with van der Waals surface area (Å²) in [5.41, 5.74) is 1.23. The molecule has 31 heavy (non-hydrogen) atoms. The van der Waals surface area contributed by atoms with Gasteiger partial charge in [0.25, 0.3) is 5.91 Å². The number of carbonyl (C=O) groups excluding carboxylic acids is 3. The minimum absolute atomic E-state index is 0.0723. The summed E-state index contributed by atoms with van der Waals surface area (Å²) in [7, 11) is 0. The Hall–Kier alpha value is -2.57. The number of amides is 3. The Morgan fingerprint density at radius 1 is 1.16 bits per heavy atom. The fraction of sp³-hybridized carbons (Fsp3) is 0.625. The Labute approximate surface area is 184 Å². The van der Waals surface area contributed by atoms with Crippen molar-refractivity contribution in [1.29, 1.82) is 0 Å². The molecule has 3 atom stereocenters. The van der Waals surface area contributed by atoms with Crippen LogP contribution in [0.3, 0.4) is 0 Å². The van der Waals surface area contributed by atoms with Crippen molar-refractivity contribution in [2.24, 2.45) is 23.7 Å². The van der Waals surface area contributed by atoms with E-state index in [1.54, 1.807) is 24.0 Å². The highest BCUT2D eigenvalue weighted by Crippen LogP contribution is 2.39. The summed E-state index contributed by atoms with van der Waals surface area (Å²) in [6.45, 7) is 11.1. The molecule has 0 aromatic carbocycles. The monoisotopic (exact) mass is 429 g/mol. The van der Waals surface area contributed by atoms with Crippen molar-refractivity contribution in [3.8, 4) is 0 Å². The van der Waals surface area contributed by atoms with Crippen LogP contribution in [0.15, 0.2) is 34.5 Å². The van der Waals surface area contributed by atoms with Gasteiger partial charge in [0.2, 0.25) is 11.8 Å². The quantitative estimate of drug-likeness (QED) is 0.705. The van der Waals surface area contributed by atoms with Crippen molar-refractivity contribution < 1.29 is 18.8 Å². The van der Waals surface area contributed by atoms with E-state index in [1.807, 2.05) is 4.90 Å². The summed E-state index contributed by atoms with van der Waals surface area (Å²) in [5.74, 6) is 1.69. The molecule has 1 fully saturated rings. The summed E-state index contributed by atoms with van der Waals surface area (Å²) in [6.07, 6.45) is 5.21. The summed E-state index contributed by atoms with van der Waals surface area (Å²) < 4.78 is 5.18. The molecule has 1 aromatic rings. The molecular formula is C24H35N3O4. The van der Waals surface area contributed by atoms with Crippen molar-refractivity contribution in [3.05, 3.63) is 35.8 Å². The van der Waals surface area contributed by atoms with Crippen molar-refractivity contribution >= 4 is 17.7 Å². The lowest BCUT2D eigenvalue weighted by molar-refractivity contribution is -0.139. The maximum atomic E-state index is 12.9. The second-order valence-corrected chi connectivity index (χ2v) is 9.19. The Morgan fingerprint density at radius 3 is 2.42 bits per heavy atom. The van der Waals surface area contributed by atoms with E-state index in [0.29, 0.717) is 56.7 Å². The van der Waals surface area contributed by atoms with E-state index in [1.165, 1.54) is 11.8 Å².